The fourth-order valence-electron chi connectivity index (χ4n) is 2.31. The molecular weight excluding hydrogens is 388 g/mol. The first-order valence-electron chi connectivity index (χ1n) is 8.64. The van der Waals surface area contributed by atoms with Crippen LogP contribution in [0.1, 0.15) is 5.56 Å². The molecule has 0 unspecified atom stereocenters. The van der Waals surface area contributed by atoms with Crippen molar-refractivity contribution >= 4 is 33.6 Å². The second-order valence-corrected chi connectivity index (χ2v) is 7.50. The maximum Gasteiger partial charge on any atom is 0.264 e. The number of carbonyl (C=O) groups excluding carboxylic acids is 1. The van der Waals surface area contributed by atoms with E-state index in [1.807, 2.05) is 36.4 Å². The quantitative estimate of drug-likeness (QED) is 0.462. The predicted octanol–water partition coefficient (Wildman–Crippen LogP) is 3.49. The van der Waals surface area contributed by atoms with Gasteiger partial charge in [0.05, 0.1) is 4.90 Å². The Morgan fingerprint density at radius 1 is 0.862 bits per heavy atom. The summed E-state index contributed by atoms with van der Waals surface area (Å²) in [5.74, 6) is -0.340. The summed E-state index contributed by atoms with van der Waals surface area (Å²) in [5.41, 5.74) is 1.51. The highest BCUT2D eigenvalue weighted by Crippen LogP contribution is 2.16. The van der Waals surface area contributed by atoms with Gasteiger partial charge < -0.3 is 5.32 Å². The van der Waals surface area contributed by atoms with Crippen LogP contribution >= 0.6 is 0 Å². The molecule has 0 bridgehead atoms. The largest absolute Gasteiger partial charge is 0.323 e. The molecule has 0 aliphatic carbocycles. The maximum atomic E-state index is 12.3. The van der Waals surface area contributed by atoms with E-state index in [9.17, 15) is 13.2 Å². The van der Waals surface area contributed by atoms with Crippen LogP contribution in [-0.2, 0) is 14.8 Å². The Hall–Kier alpha value is -3.78. The van der Waals surface area contributed by atoms with Gasteiger partial charge in [0.15, 0.2) is 0 Å². The van der Waals surface area contributed by atoms with Crippen molar-refractivity contribution in [2.45, 2.75) is 4.90 Å². The van der Waals surface area contributed by atoms with Crippen molar-refractivity contribution in [3.05, 3.63) is 96.8 Å². The molecule has 2 N–H and O–H groups in total. The highest BCUT2D eigenvalue weighted by Gasteiger charge is 2.15. The summed E-state index contributed by atoms with van der Waals surface area (Å²) in [4.78, 5) is 19.7. The van der Waals surface area contributed by atoms with Gasteiger partial charge in [-0.15, -0.1) is 0 Å². The van der Waals surface area contributed by atoms with Crippen LogP contribution in [-0.4, -0.2) is 24.3 Å². The van der Waals surface area contributed by atoms with Gasteiger partial charge in [0.2, 0.25) is 11.9 Å². The molecule has 3 aromatic rings. The molecule has 0 atom stereocenters. The van der Waals surface area contributed by atoms with E-state index in [-0.39, 0.29) is 16.8 Å². The summed E-state index contributed by atoms with van der Waals surface area (Å²) in [6.45, 7) is 0. The van der Waals surface area contributed by atoms with Crippen LogP contribution in [0.25, 0.3) is 6.08 Å². The van der Waals surface area contributed by atoms with Crippen LogP contribution < -0.4 is 10.0 Å². The van der Waals surface area contributed by atoms with Crippen molar-refractivity contribution in [2.75, 3.05) is 10.0 Å². The average molecular weight is 406 g/mol. The lowest BCUT2D eigenvalue weighted by Gasteiger charge is -2.07. The molecule has 8 heteroatoms. The fourth-order valence-corrected chi connectivity index (χ4v) is 3.26. The zero-order chi connectivity index (χ0) is 20.5. The van der Waals surface area contributed by atoms with Crippen molar-refractivity contribution < 1.29 is 13.2 Å². The van der Waals surface area contributed by atoms with Gasteiger partial charge in [-0.3, -0.25) is 4.79 Å². The Morgan fingerprint density at radius 3 is 2.24 bits per heavy atom. The average Bonchev–Trinajstić information content (AvgIpc) is 2.73. The minimum Gasteiger partial charge on any atom is -0.323 e. The van der Waals surface area contributed by atoms with Gasteiger partial charge >= 0.3 is 0 Å². The molecule has 0 fully saturated rings. The molecule has 29 heavy (non-hydrogen) atoms. The Bertz CT molecular complexity index is 1110. The number of nitrogens with one attached hydrogen (secondary N) is 2. The molecule has 0 aliphatic rings. The number of sulfonamides is 1. The van der Waals surface area contributed by atoms with Gasteiger partial charge in [-0.25, -0.2) is 23.1 Å². The molecule has 2 aromatic carbocycles. The first-order valence-corrected chi connectivity index (χ1v) is 10.1. The van der Waals surface area contributed by atoms with Crippen molar-refractivity contribution in [2.24, 2.45) is 0 Å². The van der Waals surface area contributed by atoms with E-state index < -0.39 is 10.0 Å². The zero-order valence-corrected chi connectivity index (χ0v) is 16.1. The molecule has 0 saturated carbocycles. The van der Waals surface area contributed by atoms with Crippen molar-refractivity contribution in [1.82, 2.24) is 9.97 Å². The molecule has 1 aromatic heterocycles. The lowest BCUT2D eigenvalue weighted by Crippen LogP contribution is -2.15. The number of allylic oxidation sites excluding steroid dienone is 2. The van der Waals surface area contributed by atoms with E-state index in [4.69, 9.17) is 0 Å². The number of nitrogens with zero attached hydrogens (tertiary/aromatic N) is 2. The molecule has 0 saturated heterocycles. The van der Waals surface area contributed by atoms with Crippen LogP contribution in [0, 0.1) is 0 Å². The van der Waals surface area contributed by atoms with Gasteiger partial charge in [-0.1, -0.05) is 48.6 Å². The van der Waals surface area contributed by atoms with Crippen LogP contribution in [0.15, 0.2) is 96.2 Å². The summed E-state index contributed by atoms with van der Waals surface area (Å²) in [6.07, 6.45) is 9.54. The summed E-state index contributed by atoms with van der Waals surface area (Å²) < 4.78 is 26.9. The zero-order valence-electron chi connectivity index (χ0n) is 15.3. The van der Waals surface area contributed by atoms with Gasteiger partial charge in [0.25, 0.3) is 10.0 Å². The molecule has 1 amide bonds. The molecule has 0 radical (unpaired) electrons. The minimum absolute atomic E-state index is 0.0152. The number of hydrogen-bond acceptors (Lipinski definition) is 5. The lowest BCUT2D eigenvalue weighted by molar-refractivity contribution is -0.111. The van der Waals surface area contributed by atoms with Gasteiger partial charge in [0.1, 0.15) is 0 Å². The number of anilines is 2. The maximum absolute atomic E-state index is 12.3. The fraction of sp³-hybridized carbons (Fsp3) is 0. The monoisotopic (exact) mass is 406 g/mol. The molecule has 0 aliphatic heterocycles. The Labute approximate surface area is 168 Å². The van der Waals surface area contributed by atoms with E-state index in [0.29, 0.717) is 5.69 Å². The van der Waals surface area contributed by atoms with Crippen LogP contribution in [0.4, 0.5) is 11.6 Å². The van der Waals surface area contributed by atoms with Crippen molar-refractivity contribution in [3.63, 3.8) is 0 Å². The summed E-state index contributed by atoms with van der Waals surface area (Å²) in [5, 5.41) is 2.67. The Morgan fingerprint density at radius 2 is 1.55 bits per heavy atom. The molecule has 3 rings (SSSR count). The van der Waals surface area contributed by atoms with E-state index >= 15 is 0 Å². The normalized spacial score (nSPS) is 11.6. The summed E-state index contributed by atoms with van der Waals surface area (Å²) in [6, 6.07) is 17.1. The molecular formula is C21H18N4O3S. The number of aromatic nitrogens is 2. The molecule has 0 spiro atoms. The first kappa shape index (κ1) is 20.0. The first-order chi connectivity index (χ1) is 14.0. The highest BCUT2D eigenvalue weighted by molar-refractivity contribution is 7.92. The topological polar surface area (TPSA) is 101 Å². The number of amides is 1. The Kier molecular flexibility index (Phi) is 6.49. The third kappa shape index (κ3) is 6.12. The van der Waals surface area contributed by atoms with Crippen LogP contribution in [0.3, 0.4) is 0 Å². The predicted molar refractivity (Wildman–Crippen MR) is 113 cm³/mol. The number of hydrogen-bond donors (Lipinski definition) is 2. The second kappa shape index (κ2) is 9.43. The summed E-state index contributed by atoms with van der Waals surface area (Å²) >= 11 is 0. The minimum atomic E-state index is -3.81. The van der Waals surface area contributed by atoms with E-state index in [1.165, 1.54) is 42.7 Å². The smallest absolute Gasteiger partial charge is 0.264 e. The third-order valence-corrected chi connectivity index (χ3v) is 5.01. The second-order valence-electron chi connectivity index (χ2n) is 5.82. The van der Waals surface area contributed by atoms with Gasteiger partial charge in [-0.05, 0) is 35.9 Å². The van der Waals surface area contributed by atoms with E-state index in [2.05, 4.69) is 20.0 Å². The van der Waals surface area contributed by atoms with Crippen molar-refractivity contribution in [1.29, 1.82) is 0 Å². The van der Waals surface area contributed by atoms with Crippen LogP contribution in [0.5, 0.6) is 0 Å². The van der Waals surface area contributed by atoms with Crippen LogP contribution in [0.2, 0.25) is 0 Å². The third-order valence-electron chi connectivity index (χ3n) is 3.67. The number of benzene rings is 2. The highest BCUT2D eigenvalue weighted by atomic mass is 32.2. The standard InChI is InChI=1S/C21H18N4O3S/c26-20(10-5-4-9-17-7-2-1-3-8-17)24-18-11-13-19(14-12-18)29(27,28)25-21-22-15-6-16-23-21/h1-16H,(H,24,26)(H,22,23,25). The van der Waals surface area contributed by atoms with Gasteiger partial charge in [-0.2, -0.15) is 0 Å². The van der Waals surface area contributed by atoms with E-state index in [0.717, 1.165) is 5.56 Å². The number of rotatable bonds is 7. The van der Waals surface area contributed by atoms with E-state index in [1.54, 1.807) is 18.2 Å². The van der Waals surface area contributed by atoms with Crippen molar-refractivity contribution in [3.8, 4) is 0 Å². The number of carbonyl (C=O) groups is 1. The molecule has 146 valence electrons. The SMILES string of the molecule is O=C(C=CC=Cc1ccccc1)Nc1ccc(S(=O)(=O)Nc2ncccn2)cc1. The molecule has 7 nitrogen and oxygen atoms in total. The Balaban J connectivity index is 1.58. The molecule has 1 heterocycles. The lowest BCUT2D eigenvalue weighted by atomic mass is 10.2. The summed E-state index contributed by atoms with van der Waals surface area (Å²) in [7, 11) is -3.81. The van der Waals surface area contributed by atoms with Gasteiger partial charge in [0, 0.05) is 24.2 Å².